The van der Waals surface area contributed by atoms with Crippen molar-refractivity contribution in [3.8, 4) is 11.4 Å². The van der Waals surface area contributed by atoms with Crippen LogP contribution < -0.4 is 15.4 Å². The summed E-state index contributed by atoms with van der Waals surface area (Å²) < 4.78 is 26.3. The van der Waals surface area contributed by atoms with Crippen LogP contribution in [0.25, 0.3) is 11.4 Å². The highest BCUT2D eigenvalue weighted by molar-refractivity contribution is 7.92. The summed E-state index contributed by atoms with van der Waals surface area (Å²) in [6.07, 6.45) is -0.237. The molecule has 0 bridgehead atoms. The van der Waals surface area contributed by atoms with E-state index in [0.29, 0.717) is 5.69 Å². The second-order valence-corrected chi connectivity index (χ2v) is 6.31. The second kappa shape index (κ2) is 6.08. The van der Waals surface area contributed by atoms with Gasteiger partial charge in [-0.2, -0.15) is 0 Å². The van der Waals surface area contributed by atoms with Crippen molar-refractivity contribution in [2.45, 2.75) is 0 Å². The summed E-state index contributed by atoms with van der Waals surface area (Å²) in [4.78, 5) is 15.1. The lowest BCUT2D eigenvalue weighted by Crippen LogP contribution is -2.13. The molecule has 2 rings (SSSR count). The second-order valence-electron chi connectivity index (χ2n) is 4.56. The van der Waals surface area contributed by atoms with E-state index in [1.165, 1.54) is 23.9 Å². The zero-order valence-electron chi connectivity index (χ0n) is 12.5. The van der Waals surface area contributed by atoms with E-state index >= 15 is 0 Å². The quantitative estimate of drug-likeness (QED) is 0.609. The van der Waals surface area contributed by atoms with Crippen LogP contribution in [0, 0.1) is 0 Å². The largest absolute Gasteiger partial charge is 0.465 e. The average Bonchev–Trinajstić information content (AvgIpc) is 2.78. The number of rotatable bonds is 5. The minimum Gasteiger partial charge on any atom is -0.465 e. The van der Waals surface area contributed by atoms with Gasteiger partial charge in [-0.3, -0.25) is 10.0 Å². The van der Waals surface area contributed by atoms with Gasteiger partial charge in [0.2, 0.25) is 10.0 Å². The van der Waals surface area contributed by atoms with E-state index in [9.17, 15) is 13.2 Å². The van der Waals surface area contributed by atoms with Gasteiger partial charge in [-0.05, 0) is 12.1 Å². The van der Waals surface area contributed by atoms with Crippen molar-refractivity contribution < 1.29 is 18.3 Å². The monoisotopic (exact) mass is 341 g/mol. The Hall–Kier alpha value is -2.89. The number of aryl methyl sites for hydroxylation is 1. The highest BCUT2D eigenvalue weighted by Gasteiger charge is 2.18. The molecule has 0 aromatic carbocycles. The van der Waals surface area contributed by atoms with Crippen LogP contribution in [0.2, 0.25) is 0 Å². The minimum atomic E-state index is -3.46. The molecule has 0 saturated heterocycles. The molecule has 0 aliphatic heterocycles. The molecule has 0 fully saturated rings. The number of hydrogen-bond donors (Lipinski definition) is 4. The van der Waals surface area contributed by atoms with Gasteiger partial charge in [-0.1, -0.05) is 5.21 Å². The molecular formula is C11H15N7O4S. The third-order valence-electron chi connectivity index (χ3n) is 2.72. The number of anilines is 3. The number of hydrogen-bond acceptors (Lipinski definition) is 7. The molecule has 0 aliphatic carbocycles. The SMILES string of the molecule is CNc1nc(-c2nnn(C)c2NC(=O)O)ccc1NS(C)(=O)=O. The molecule has 0 saturated carbocycles. The molecule has 0 unspecified atom stereocenters. The zero-order valence-corrected chi connectivity index (χ0v) is 13.3. The smallest absolute Gasteiger partial charge is 0.410 e. The van der Waals surface area contributed by atoms with Crippen LogP contribution in [-0.2, 0) is 17.1 Å². The van der Waals surface area contributed by atoms with Gasteiger partial charge in [0.1, 0.15) is 0 Å². The Kier molecular flexibility index (Phi) is 4.36. The van der Waals surface area contributed by atoms with E-state index in [-0.39, 0.29) is 23.0 Å². The maximum atomic E-state index is 11.3. The van der Waals surface area contributed by atoms with Crippen LogP contribution in [-0.4, -0.2) is 52.9 Å². The highest BCUT2D eigenvalue weighted by Crippen LogP contribution is 2.28. The fourth-order valence-electron chi connectivity index (χ4n) is 1.83. The Balaban J connectivity index is 2.48. The van der Waals surface area contributed by atoms with Crippen LogP contribution in [0.1, 0.15) is 0 Å². The van der Waals surface area contributed by atoms with Crippen molar-refractivity contribution in [2.75, 3.05) is 28.7 Å². The molecule has 124 valence electrons. The number of nitrogens with one attached hydrogen (secondary N) is 3. The first-order chi connectivity index (χ1) is 10.7. The topological polar surface area (TPSA) is 151 Å². The number of sulfonamides is 1. The highest BCUT2D eigenvalue weighted by atomic mass is 32.2. The number of carbonyl (C=O) groups is 1. The fourth-order valence-corrected chi connectivity index (χ4v) is 2.40. The van der Waals surface area contributed by atoms with Gasteiger partial charge in [-0.15, -0.1) is 5.10 Å². The Morgan fingerprint density at radius 3 is 2.61 bits per heavy atom. The normalized spacial score (nSPS) is 11.1. The Morgan fingerprint density at radius 1 is 1.35 bits per heavy atom. The first-order valence-corrected chi connectivity index (χ1v) is 8.17. The maximum absolute atomic E-state index is 11.3. The number of amides is 1. The van der Waals surface area contributed by atoms with Gasteiger partial charge in [0, 0.05) is 14.1 Å². The van der Waals surface area contributed by atoms with Crippen LogP contribution in [0.15, 0.2) is 12.1 Å². The van der Waals surface area contributed by atoms with Crippen LogP contribution in [0.3, 0.4) is 0 Å². The molecule has 12 heteroatoms. The third-order valence-corrected chi connectivity index (χ3v) is 3.31. The van der Waals surface area contributed by atoms with Crippen LogP contribution in [0.4, 0.5) is 22.1 Å². The first-order valence-electron chi connectivity index (χ1n) is 6.28. The van der Waals surface area contributed by atoms with Gasteiger partial charge in [0.25, 0.3) is 0 Å². The molecule has 0 atom stereocenters. The van der Waals surface area contributed by atoms with Crippen molar-refractivity contribution in [2.24, 2.45) is 7.05 Å². The van der Waals surface area contributed by atoms with Gasteiger partial charge >= 0.3 is 6.09 Å². The number of carboxylic acid groups (broad SMARTS) is 1. The molecule has 0 radical (unpaired) electrons. The van der Waals surface area contributed by atoms with Crippen molar-refractivity contribution in [3.05, 3.63) is 12.1 Å². The minimum absolute atomic E-state index is 0.149. The van der Waals surface area contributed by atoms with Crippen molar-refractivity contribution in [1.29, 1.82) is 0 Å². The van der Waals surface area contributed by atoms with Gasteiger partial charge < -0.3 is 10.4 Å². The van der Waals surface area contributed by atoms with Gasteiger partial charge in [-0.25, -0.2) is 22.9 Å². The predicted molar refractivity (Wildman–Crippen MR) is 83.9 cm³/mol. The summed E-state index contributed by atoms with van der Waals surface area (Å²) >= 11 is 0. The van der Waals surface area contributed by atoms with E-state index in [1.54, 1.807) is 7.05 Å². The fraction of sp³-hybridized carbons (Fsp3) is 0.273. The summed E-state index contributed by atoms with van der Waals surface area (Å²) in [7, 11) is -0.355. The molecule has 2 aromatic heterocycles. The molecule has 2 heterocycles. The van der Waals surface area contributed by atoms with E-state index in [2.05, 4.69) is 30.7 Å². The lowest BCUT2D eigenvalue weighted by molar-refractivity contribution is 0.209. The van der Waals surface area contributed by atoms with Crippen molar-refractivity contribution in [1.82, 2.24) is 20.0 Å². The summed E-state index contributed by atoms with van der Waals surface area (Å²) in [5, 5.41) is 21.5. The summed E-state index contributed by atoms with van der Waals surface area (Å²) in [5.41, 5.74) is 0.804. The third kappa shape index (κ3) is 3.85. The van der Waals surface area contributed by atoms with E-state index in [1.807, 2.05) is 0 Å². The summed E-state index contributed by atoms with van der Waals surface area (Å²) in [5.74, 6) is 0.413. The van der Waals surface area contributed by atoms with Gasteiger partial charge in [0.15, 0.2) is 17.3 Å². The van der Waals surface area contributed by atoms with Crippen LogP contribution in [0.5, 0.6) is 0 Å². The molecule has 0 spiro atoms. The number of nitrogens with zero attached hydrogens (tertiary/aromatic N) is 4. The summed E-state index contributed by atoms with van der Waals surface area (Å²) in [6, 6.07) is 3.00. The molecule has 1 amide bonds. The number of aromatic nitrogens is 4. The Morgan fingerprint density at radius 2 is 2.04 bits per heavy atom. The Bertz CT molecular complexity index is 846. The van der Waals surface area contributed by atoms with E-state index in [0.717, 1.165) is 6.26 Å². The molecule has 4 N–H and O–H groups in total. The average molecular weight is 341 g/mol. The Labute approximate surface area is 131 Å². The molecular weight excluding hydrogens is 326 g/mol. The van der Waals surface area contributed by atoms with Crippen molar-refractivity contribution in [3.63, 3.8) is 0 Å². The number of pyridine rings is 1. The molecule has 23 heavy (non-hydrogen) atoms. The summed E-state index contributed by atoms with van der Waals surface area (Å²) in [6.45, 7) is 0. The van der Waals surface area contributed by atoms with E-state index in [4.69, 9.17) is 5.11 Å². The lowest BCUT2D eigenvalue weighted by Gasteiger charge is -2.11. The van der Waals surface area contributed by atoms with E-state index < -0.39 is 16.1 Å². The molecule has 0 aliphatic rings. The molecule has 11 nitrogen and oxygen atoms in total. The molecule has 2 aromatic rings. The van der Waals surface area contributed by atoms with Gasteiger partial charge in [0.05, 0.1) is 17.6 Å². The lowest BCUT2D eigenvalue weighted by atomic mass is 10.2. The van der Waals surface area contributed by atoms with Crippen molar-refractivity contribution >= 4 is 33.4 Å². The predicted octanol–water partition coefficient (Wildman–Crippen LogP) is 0.380. The first kappa shape index (κ1) is 16.5. The van der Waals surface area contributed by atoms with Crippen LogP contribution >= 0.6 is 0 Å². The zero-order chi connectivity index (χ0) is 17.2. The maximum Gasteiger partial charge on any atom is 0.410 e. The standard InChI is InChI=1S/C11H15N7O4S/c1-12-9-7(16-23(3,21)22)5-4-6(13-9)8-10(14-11(19)20)18(2)17-15-8/h4-5,14,16H,1-3H3,(H,12,13)(H,19,20).